The van der Waals surface area contributed by atoms with E-state index in [1.807, 2.05) is 43.0 Å². The molecule has 1 aliphatic carbocycles. The number of ether oxygens (including phenoxy) is 1. The predicted molar refractivity (Wildman–Crippen MR) is 98.5 cm³/mol. The number of aromatic nitrogens is 1. The first-order chi connectivity index (χ1) is 12.0. The molecule has 25 heavy (non-hydrogen) atoms. The highest BCUT2D eigenvalue weighted by molar-refractivity contribution is 5.94. The van der Waals surface area contributed by atoms with Gasteiger partial charge in [-0.15, -0.1) is 0 Å². The summed E-state index contributed by atoms with van der Waals surface area (Å²) in [6, 6.07) is 14.0. The van der Waals surface area contributed by atoms with E-state index in [1.165, 1.54) is 12.8 Å². The van der Waals surface area contributed by atoms with E-state index in [-0.39, 0.29) is 18.1 Å². The zero-order valence-electron chi connectivity index (χ0n) is 15.2. The maximum Gasteiger partial charge on any atom is 0.255 e. The van der Waals surface area contributed by atoms with Gasteiger partial charge in [-0.3, -0.25) is 4.79 Å². The van der Waals surface area contributed by atoms with Crippen molar-refractivity contribution in [3.8, 4) is 5.88 Å². The minimum Gasteiger partial charge on any atom is -0.475 e. The number of rotatable bonds is 7. The van der Waals surface area contributed by atoms with Crippen LogP contribution in [0, 0.1) is 5.92 Å². The van der Waals surface area contributed by atoms with Crippen LogP contribution >= 0.6 is 0 Å². The molecule has 0 aliphatic heterocycles. The van der Waals surface area contributed by atoms with Gasteiger partial charge < -0.3 is 9.64 Å². The van der Waals surface area contributed by atoms with Crippen LogP contribution in [0.4, 0.5) is 0 Å². The minimum absolute atomic E-state index is 0.0341. The number of hydrogen-bond acceptors (Lipinski definition) is 3. The fourth-order valence-corrected chi connectivity index (χ4v) is 3.00. The largest absolute Gasteiger partial charge is 0.475 e. The molecule has 1 fully saturated rings. The van der Waals surface area contributed by atoms with E-state index in [9.17, 15) is 4.79 Å². The summed E-state index contributed by atoms with van der Waals surface area (Å²) in [6.07, 6.45) is 4.11. The molecule has 0 spiro atoms. The van der Waals surface area contributed by atoms with Crippen LogP contribution in [0.15, 0.2) is 48.7 Å². The van der Waals surface area contributed by atoms with Crippen molar-refractivity contribution < 1.29 is 9.53 Å². The number of amides is 1. The van der Waals surface area contributed by atoms with E-state index >= 15 is 0 Å². The molecular weight excluding hydrogens is 312 g/mol. The van der Waals surface area contributed by atoms with Crippen LogP contribution in [-0.2, 0) is 6.54 Å². The van der Waals surface area contributed by atoms with Crippen molar-refractivity contribution in [2.24, 2.45) is 5.92 Å². The van der Waals surface area contributed by atoms with Gasteiger partial charge in [0.1, 0.15) is 0 Å². The van der Waals surface area contributed by atoms with Gasteiger partial charge in [-0.2, -0.15) is 0 Å². The molecule has 1 atom stereocenters. The van der Waals surface area contributed by atoms with Crippen LogP contribution in [0.2, 0.25) is 0 Å². The van der Waals surface area contributed by atoms with Crippen LogP contribution in [-0.4, -0.2) is 27.9 Å². The molecule has 4 heteroatoms. The summed E-state index contributed by atoms with van der Waals surface area (Å²) >= 11 is 0. The molecule has 0 N–H and O–H groups in total. The van der Waals surface area contributed by atoms with Crippen LogP contribution in [0.5, 0.6) is 5.88 Å². The number of benzene rings is 1. The lowest BCUT2D eigenvalue weighted by Gasteiger charge is -2.29. The number of carbonyl (C=O) groups is 1. The summed E-state index contributed by atoms with van der Waals surface area (Å²) < 4.78 is 5.56. The van der Waals surface area contributed by atoms with Gasteiger partial charge >= 0.3 is 0 Å². The lowest BCUT2D eigenvalue weighted by Crippen LogP contribution is -2.39. The van der Waals surface area contributed by atoms with Gasteiger partial charge in [0.2, 0.25) is 5.88 Å². The Kier molecular flexibility index (Phi) is 5.37. The lowest BCUT2D eigenvalue weighted by atomic mass is 10.1. The molecule has 1 unspecified atom stereocenters. The molecule has 1 amide bonds. The summed E-state index contributed by atoms with van der Waals surface area (Å²) in [5, 5.41) is 0. The highest BCUT2D eigenvalue weighted by Gasteiger charge is 2.34. The van der Waals surface area contributed by atoms with Crippen molar-refractivity contribution in [1.82, 2.24) is 9.88 Å². The Balaban J connectivity index is 1.78. The Morgan fingerprint density at radius 1 is 1.16 bits per heavy atom. The fraction of sp³-hybridized carbons (Fsp3) is 0.429. The van der Waals surface area contributed by atoms with E-state index in [0.29, 0.717) is 23.9 Å². The molecule has 2 aromatic rings. The molecule has 1 aromatic heterocycles. The van der Waals surface area contributed by atoms with Gasteiger partial charge in [-0.05, 0) is 51.2 Å². The summed E-state index contributed by atoms with van der Waals surface area (Å²) in [5.74, 6) is 1.20. The highest BCUT2D eigenvalue weighted by atomic mass is 16.5. The van der Waals surface area contributed by atoms with Crippen molar-refractivity contribution >= 4 is 5.91 Å². The Bertz CT molecular complexity index is 694. The molecule has 0 bridgehead atoms. The van der Waals surface area contributed by atoms with Crippen LogP contribution in [0.1, 0.15) is 49.5 Å². The molecule has 1 heterocycles. The Hall–Kier alpha value is -2.36. The molecule has 3 rings (SSSR count). The van der Waals surface area contributed by atoms with Crippen LogP contribution in [0.3, 0.4) is 0 Å². The smallest absolute Gasteiger partial charge is 0.255 e. The molecule has 1 aromatic carbocycles. The molecule has 4 nitrogen and oxygen atoms in total. The van der Waals surface area contributed by atoms with Gasteiger partial charge in [0, 0.05) is 24.8 Å². The summed E-state index contributed by atoms with van der Waals surface area (Å²) in [4.78, 5) is 19.4. The third-order valence-electron chi connectivity index (χ3n) is 4.59. The predicted octanol–water partition coefficient (Wildman–Crippen LogP) is 4.31. The number of pyridine rings is 1. The maximum atomic E-state index is 13.1. The Morgan fingerprint density at radius 2 is 1.88 bits per heavy atom. The second kappa shape index (κ2) is 7.68. The second-order valence-electron chi connectivity index (χ2n) is 7.05. The van der Waals surface area contributed by atoms with E-state index < -0.39 is 0 Å². The van der Waals surface area contributed by atoms with E-state index in [0.717, 1.165) is 5.56 Å². The monoisotopic (exact) mass is 338 g/mol. The first-order valence-electron chi connectivity index (χ1n) is 9.02. The molecule has 132 valence electrons. The molecular formula is C21H26N2O2. The zero-order chi connectivity index (χ0) is 17.8. The van der Waals surface area contributed by atoms with Crippen molar-refractivity contribution in [1.29, 1.82) is 0 Å². The molecule has 0 saturated heterocycles. The van der Waals surface area contributed by atoms with Crippen LogP contribution < -0.4 is 4.74 Å². The number of nitrogens with zero attached hydrogens (tertiary/aromatic N) is 2. The Labute approximate surface area is 149 Å². The Morgan fingerprint density at radius 3 is 2.44 bits per heavy atom. The van der Waals surface area contributed by atoms with Crippen LogP contribution in [0.25, 0.3) is 0 Å². The van der Waals surface area contributed by atoms with Gasteiger partial charge in [-0.25, -0.2) is 4.98 Å². The molecule has 1 aliphatic rings. The minimum atomic E-state index is 0.0341. The standard InChI is InChI=1S/C21H26N2O2/c1-15(2)25-20-12-11-19(13-22-20)21(24)23(16(3)18-9-10-18)14-17-7-5-4-6-8-17/h4-8,11-13,15-16,18H,9-10,14H2,1-3H3. The maximum absolute atomic E-state index is 13.1. The quantitative estimate of drug-likeness (QED) is 0.755. The molecule has 1 saturated carbocycles. The highest BCUT2D eigenvalue weighted by Crippen LogP contribution is 2.36. The topological polar surface area (TPSA) is 42.4 Å². The second-order valence-corrected chi connectivity index (χ2v) is 7.05. The number of hydrogen-bond donors (Lipinski definition) is 0. The molecule has 0 radical (unpaired) electrons. The van der Waals surface area contributed by atoms with E-state index in [2.05, 4.69) is 24.0 Å². The summed E-state index contributed by atoms with van der Waals surface area (Å²) in [5.41, 5.74) is 1.76. The van der Waals surface area contributed by atoms with Crippen molar-refractivity contribution in [3.05, 3.63) is 59.8 Å². The van der Waals surface area contributed by atoms with Crippen molar-refractivity contribution in [2.45, 2.75) is 52.3 Å². The summed E-state index contributed by atoms with van der Waals surface area (Å²) in [6.45, 7) is 6.70. The third kappa shape index (κ3) is 4.59. The van der Waals surface area contributed by atoms with Gasteiger partial charge in [0.05, 0.1) is 11.7 Å². The van der Waals surface area contributed by atoms with E-state index in [1.54, 1.807) is 12.3 Å². The van der Waals surface area contributed by atoms with Gasteiger partial charge in [-0.1, -0.05) is 30.3 Å². The van der Waals surface area contributed by atoms with Gasteiger partial charge in [0.15, 0.2) is 0 Å². The van der Waals surface area contributed by atoms with Gasteiger partial charge in [0.25, 0.3) is 5.91 Å². The fourth-order valence-electron chi connectivity index (χ4n) is 3.00. The number of carbonyl (C=O) groups excluding carboxylic acids is 1. The van der Waals surface area contributed by atoms with Crippen molar-refractivity contribution in [2.75, 3.05) is 0 Å². The lowest BCUT2D eigenvalue weighted by molar-refractivity contribution is 0.0653. The average molecular weight is 338 g/mol. The van der Waals surface area contributed by atoms with E-state index in [4.69, 9.17) is 4.74 Å². The first-order valence-corrected chi connectivity index (χ1v) is 9.02. The normalized spacial score (nSPS) is 15.0. The SMILES string of the molecule is CC(C)Oc1ccc(C(=O)N(Cc2ccccc2)C(C)C2CC2)cn1. The summed E-state index contributed by atoms with van der Waals surface area (Å²) in [7, 11) is 0. The third-order valence-corrected chi connectivity index (χ3v) is 4.59. The zero-order valence-corrected chi connectivity index (χ0v) is 15.2. The first kappa shape index (κ1) is 17.5. The van der Waals surface area contributed by atoms with Crippen molar-refractivity contribution in [3.63, 3.8) is 0 Å². The average Bonchev–Trinajstić information content (AvgIpc) is 3.45.